The van der Waals surface area contributed by atoms with Crippen LogP contribution in [-0.4, -0.2) is 33.4 Å². The number of aromatic nitrogens is 2. The molecule has 20 heavy (non-hydrogen) atoms. The zero-order valence-electron chi connectivity index (χ0n) is 11.5. The summed E-state index contributed by atoms with van der Waals surface area (Å²) in [6.07, 6.45) is 4.99. The highest BCUT2D eigenvalue weighted by Crippen LogP contribution is 2.10. The Balaban J connectivity index is 2.05. The van der Waals surface area contributed by atoms with Gasteiger partial charge in [0.05, 0.1) is 5.69 Å². The van der Waals surface area contributed by atoms with Crippen LogP contribution in [-0.2, 0) is 0 Å². The topological polar surface area (TPSA) is 67.2 Å². The lowest BCUT2D eigenvalue weighted by Crippen LogP contribution is -2.32. The van der Waals surface area contributed by atoms with Crippen molar-refractivity contribution in [3.05, 3.63) is 48.3 Å². The van der Waals surface area contributed by atoms with Crippen molar-refractivity contribution in [3.63, 3.8) is 0 Å². The molecule has 1 aromatic carbocycles. The number of aliphatic hydroxyl groups excluding tert-OH is 1. The summed E-state index contributed by atoms with van der Waals surface area (Å²) in [7, 11) is 0. The Hall–Kier alpha value is -2.14. The number of aliphatic hydroxyl groups is 1. The summed E-state index contributed by atoms with van der Waals surface area (Å²) in [4.78, 5) is 12.1. The van der Waals surface area contributed by atoms with Crippen molar-refractivity contribution in [1.82, 2.24) is 15.1 Å². The Labute approximate surface area is 118 Å². The highest BCUT2D eigenvalue weighted by Gasteiger charge is 2.10. The van der Waals surface area contributed by atoms with E-state index < -0.39 is 0 Å². The van der Waals surface area contributed by atoms with Crippen LogP contribution >= 0.6 is 0 Å². The molecule has 2 N–H and O–H groups in total. The minimum Gasteiger partial charge on any atom is -0.396 e. The van der Waals surface area contributed by atoms with E-state index >= 15 is 0 Å². The number of rotatable bonds is 6. The lowest BCUT2D eigenvalue weighted by Gasteiger charge is -2.13. The van der Waals surface area contributed by atoms with Crippen molar-refractivity contribution in [1.29, 1.82) is 0 Å². The van der Waals surface area contributed by atoms with Gasteiger partial charge in [0.15, 0.2) is 0 Å². The highest BCUT2D eigenvalue weighted by atomic mass is 16.3. The fourth-order valence-electron chi connectivity index (χ4n) is 1.99. The molecular weight excluding hydrogens is 254 g/mol. The van der Waals surface area contributed by atoms with E-state index in [1.807, 2.05) is 31.3 Å². The standard InChI is InChI=1S/C15H19N3O2/c1-12(5-3-10-19)17-15(20)13-6-2-7-14(11-13)18-9-4-8-16-18/h2,4,6-9,11-12,19H,3,5,10H2,1H3,(H,17,20). The minimum absolute atomic E-state index is 0.0445. The molecule has 0 saturated carbocycles. The minimum atomic E-state index is -0.107. The van der Waals surface area contributed by atoms with E-state index in [0.717, 1.165) is 12.1 Å². The largest absolute Gasteiger partial charge is 0.396 e. The smallest absolute Gasteiger partial charge is 0.251 e. The molecule has 0 aliphatic heterocycles. The molecule has 0 radical (unpaired) electrons. The summed E-state index contributed by atoms with van der Waals surface area (Å²) in [5.74, 6) is -0.107. The van der Waals surface area contributed by atoms with Crippen LogP contribution < -0.4 is 5.32 Å². The summed E-state index contributed by atoms with van der Waals surface area (Å²) in [6.45, 7) is 2.08. The molecule has 1 unspecified atom stereocenters. The van der Waals surface area contributed by atoms with E-state index in [9.17, 15) is 4.79 Å². The third-order valence-corrected chi connectivity index (χ3v) is 3.05. The van der Waals surface area contributed by atoms with Gasteiger partial charge < -0.3 is 10.4 Å². The Morgan fingerprint density at radius 1 is 1.45 bits per heavy atom. The lowest BCUT2D eigenvalue weighted by atomic mass is 10.1. The molecular formula is C15H19N3O2. The summed E-state index contributed by atoms with van der Waals surface area (Å²) < 4.78 is 1.71. The average Bonchev–Trinajstić information content (AvgIpc) is 2.99. The van der Waals surface area contributed by atoms with Crippen LogP contribution in [0.15, 0.2) is 42.7 Å². The van der Waals surface area contributed by atoms with E-state index in [1.165, 1.54) is 0 Å². The van der Waals surface area contributed by atoms with Crippen molar-refractivity contribution in [2.24, 2.45) is 0 Å². The molecule has 0 aliphatic rings. The number of carbonyl (C=O) groups excluding carboxylic acids is 1. The Morgan fingerprint density at radius 3 is 3.00 bits per heavy atom. The van der Waals surface area contributed by atoms with E-state index in [-0.39, 0.29) is 18.6 Å². The SMILES string of the molecule is CC(CCCO)NC(=O)c1cccc(-n2cccn2)c1. The van der Waals surface area contributed by atoms with Crippen molar-refractivity contribution in [2.75, 3.05) is 6.61 Å². The van der Waals surface area contributed by atoms with Crippen LogP contribution in [0, 0.1) is 0 Å². The van der Waals surface area contributed by atoms with Gasteiger partial charge in [0.1, 0.15) is 0 Å². The molecule has 1 heterocycles. The second-order valence-corrected chi connectivity index (χ2v) is 4.74. The Morgan fingerprint density at radius 2 is 2.30 bits per heavy atom. The van der Waals surface area contributed by atoms with E-state index in [2.05, 4.69) is 10.4 Å². The summed E-state index contributed by atoms with van der Waals surface area (Å²) in [5.41, 5.74) is 1.46. The summed E-state index contributed by atoms with van der Waals surface area (Å²) in [5, 5.41) is 15.9. The molecule has 106 valence electrons. The van der Waals surface area contributed by atoms with Crippen molar-refractivity contribution >= 4 is 5.91 Å². The number of amides is 1. The fourth-order valence-corrected chi connectivity index (χ4v) is 1.99. The number of nitrogens with zero attached hydrogens (tertiary/aromatic N) is 2. The predicted octanol–water partition coefficient (Wildman–Crippen LogP) is 1.76. The molecule has 1 atom stereocenters. The van der Waals surface area contributed by atoms with Crippen LogP contribution in [0.2, 0.25) is 0 Å². The molecule has 1 aromatic heterocycles. The number of hydrogen-bond acceptors (Lipinski definition) is 3. The van der Waals surface area contributed by atoms with Gasteiger partial charge in [-0.15, -0.1) is 0 Å². The Bertz CT molecular complexity index is 552. The van der Waals surface area contributed by atoms with Crippen LogP contribution in [0.3, 0.4) is 0 Å². The maximum Gasteiger partial charge on any atom is 0.251 e. The maximum atomic E-state index is 12.1. The zero-order chi connectivity index (χ0) is 14.4. The van der Waals surface area contributed by atoms with Gasteiger partial charge >= 0.3 is 0 Å². The third-order valence-electron chi connectivity index (χ3n) is 3.05. The summed E-state index contributed by atoms with van der Waals surface area (Å²) in [6, 6.07) is 9.21. The van der Waals surface area contributed by atoms with Crippen molar-refractivity contribution in [2.45, 2.75) is 25.8 Å². The average molecular weight is 273 g/mol. The van der Waals surface area contributed by atoms with Crippen molar-refractivity contribution < 1.29 is 9.90 Å². The normalized spacial score (nSPS) is 12.1. The molecule has 5 nitrogen and oxygen atoms in total. The van der Waals surface area contributed by atoms with Crippen LogP contribution in [0.4, 0.5) is 0 Å². The van der Waals surface area contributed by atoms with Crippen LogP contribution in [0.5, 0.6) is 0 Å². The van der Waals surface area contributed by atoms with Crippen molar-refractivity contribution in [3.8, 4) is 5.69 Å². The van der Waals surface area contributed by atoms with Gasteiger partial charge in [-0.2, -0.15) is 5.10 Å². The number of benzene rings is 1. The molecule has 0 spiro atoms. The van der Waals surface area contributed by atoms with Gasteiger partial charge in [0.2, 0.25) is 0 Å². The first-order valence-electron chi connectivity index (χ1n) is 6.72. The first-order valence-corrected chi connectivity index (χ1v) is 6.72. The molecule has 1 amide bonds. The third kappa shape index (κ3) is 3.68. The molecule has 0 saturated heterocycles. The molecule has 5 heteroatoms. The van der Waals surface area contributed by atoms with Gasteiger partial charge in [-0.25, -0.2) is 4.68 Å². The zero-order valence-corrected chi connectivity index (χ0v) is 11.5. The number of nitrogens with one attached hydrogen (secondary N) is 1. The fraction of sp³-hybridized carbons (Fsp3) is 0.333. The molecule has 0 aliphatic carbocycles. The second kappa shape index (κ2) is 6.86. The molecule has 2 rings (SSSR count). The predicted molar refractivity (Wildman–Crippen MR) is 76.8 cm³/mol. The van der Waals surface area contributed by atoms with Gasteiger partial charge in [-0.3, -0.25) is 4.79 Å². The van der Waals surface area contributed by atoms with Gasteiger partial charge in [-0.05, 0) is 44.0 Å². The second-order valence-electron chi connectivity index (χ2n) is 4.74. The van der Waals surface area contributed by atoms with Gasteiger partial charge in [-0.1, -0.05) is 6.07 Å². The molecule has 2 aromatic rings. The van der Waals surface area contributed by atoms with Crippen LogP contribution in [0.25, 0.3) is 5.69 Å². The lowest BCUT2D eigenvalue weighted by molar-refractivity contribution is 0.0936. The molecule has 0 fully saturated rings. The monoisotopic (exact) mass is 273 g/mol. The Kier molecular flexibility index (Phi) is 4.90. The van der Waals surface area contributed by atoms with Gasteiger partial charge in [0.25, 0.3) is 5.91 Å². The van der Waals surface area contributed by atoms with E-state index in [0.29, 0.717) is 12.0 Å². The van der Waals surface area contributed by atoms with Gasteiger partial charge in [0, 0.05) is 30.6 Å². The quantitative estimate of drug-likeness (QED) is 0.842. The number of carbonyl (C=O) groups is 1. The number of hydrogen-bond donors (Lipinski definition) is 2. The maximum absolute atomic E-state index is 12.1. The van der Waals surface area contributed by atoms with Crippen LogP contribution in [0.1, 0.15) is 30.1 Å². The molecule has 0 bridgehead atoms. The van der Waals surface area contributed by atoms with E-state index in [1.54, 1.807) is 23.0 Å². The van der Waals surface area contributed by atoms with E-state index in [4.69, 9.17) is 5.11 Å². The first kappa shape index (κ1) is 14.3. The summed E-state index contributed by atoms with van der Waals surface area (Å²) >= 11 is 0. The highest BCUT2D eigenvalue weighted by molar-refractivity contribution is 5.94. The first-order chi connectivity index (χ1) is 9.70.